The third-order valence-electron chi connectivity index (χ3n) is 3.18. The Morgan fingerprint density at radius 1 is 1.24 bits per heavy atom. The average Bonchev–Trinajstić information content (AvgIpc) is 2.65. The molecule has 100 valence electrons. The second-order valence-corrected chi connectivity index (χ2v) is 5.92. The van der Waals surface area contributed by atoms with E-state index in [-0.39, 0.29) is 12.1 Å². The summed E-state index contributed by atoms with van der Waals surface area (Å²) in [5.74, 6) is 0. The standard InChI is InChI=1S/C13H26N2O2/c1-10(11(2)15-8-6-7-9-15)14-12(16)17-13(3,4)5/h10-11H,6-9H2,1-5H3,(H,14,16)/t10-,11+/m0/s1. The normalized spacial score (nSPS) is 21.0. The lowest BCUT2D eigenvalue weighted by molar-refractivity contribution is 0.0480. The molecule has 0 radical (unpaired) electrons. The summed E-state index contributed by atoms with van der Waals surface area (Å²) in [6, 6.07) is 0.480. The van der Waals surface area contributed by atoms with Gasteiger partial charge < -0.3 is 10.1 Å². The van der Waals surface area contributed by atoms with E-state index in [4.69, 9.17) is 4.74 Å². The van der Waals surface area contributed by atoms with Crippen LogP contribution in [0.4, 0.5) is 4.79 Å². The molecule has 0 aromatic heterocycles. The van der Waals surface area contributed by atoms with Crippen molar-refractivity contribution in [2.75, 3.05) is 13.1 Å². The lowest BCUT2D eigenvalue weighted by atomic mass is 10.1. The highest BCUT2D eigenvalue weighted by Crippen LogP contribution is 2.14. The maximum atomic E-state index is 11.6. The first kappa shape index (κ1) is 14.3. The molecule has 17 heavy (non-hydrogen) atoms. The summed E-state index contributed by atoms with van der Waals surface area (Å²) in [7, 11) is 0. The van der Waals surface area contributed by atoms with Gasteiger partial charge in [-0.3, -0.25) is 4.90 Å². The van der Waals surface area contributed by atoms with Crippen LogP contribution in [0.15, 0.2) is 0 Å². The topological polar surface area (TPSA) is 41.6 Å². The highest BCUT2D eigenvalue weighted by molar-refractivity contribution is 5.68. The SMILES string of the molecule is C[C@H](NC(=O)OC(C)(C)C)[C@@H](C)N1CCCC1. The summed E-state index contributed by atoms with van der Waals surface area (Å²) in [5, 5.41) is 2.91. The van der Waals surface area contributed by atoms with E-state index >= 15 is 0 Å². The van der Waals surface area contributed by atoms with Gasteiger partial charge in [-0.1, -0.05) is 0 Å². The number of alkyl carbamates (subject to hydrolysis) is 1. The first-order valence-electron chi connectivity index (χ1n) is 6.53. The fraction of sp³-hybridized carbons (Fsp3) is 0.923. The number of hydrogen-bond donors (Lipinski definition) is 1. The van der Waals surface area contributed by atoms with E-state index in [1.807, 2.05) is 27.7 Å². The Morgan fingerprint density at radius 2 is 1.76 bits per heavy atom. The molecule has 1 aliphatic heterocycles. The zero-order valence-corrected chi connectivity index (χ0v) is 11.7. The second-order valence-electron chi connectivity index (χ2n) is 5.92. The number of rotatable bonds is 3. The molecule has 0 aromatic rings. The Balaban J connectivity index is 2.37. The minimum atomic E-state index is -0.430. The first-order chi connectivity index (χ1) is 7.79. The molecule has 2 atom stereocenters. The van der Waals surface area contributed by atoms with E-state index in [0.717, 1.165) is 13.1 Å². The lowest BCUT2D eigenvalue weighted by Crippen LogP contribution is -2.48. The summed E-state index contributed by atoms with van der Waals surface area (Å²) in [6.45, 7) is 12.1. The Hall–Kier alpha value is -0.770. The second kappa shape index (κ2) is 5.71. The summed E-state index contributed by atoms with van der Waals surface area (Å²) in [5.41, 5.74) is -0.430. The Labute approximate surface area is 105 Å². The molecule has 0 bridgehead atoms. The molecule has 1 saturated heterocycles. The van der Waals surface area contributed by atoms with Gasteiger partial charge in [-0.2, -0.15) is 0 Å². The van der Waals surface area contributed by atoms with E-state index in [1.54, 1.807) is 0 Å². The number of hydrogen-bond acceptors (Lipinski definition) is 3. The van der Waals surface area contributed by atoms with Crippen molar-refractivity contribution in [3.8, 4) is 0 Å². The monoisotopic (exact) mass is 242 g/mol. The van der Waals surface area contributed by atoms with E-state index < -0.39 is 5.60 Å². The van der Waals surface area contributed by atoms with Crippen molar-refractivity contribution in [3.63, 3.8) is 0 Å². The number of nitrogens with zero attached hydrogens (tertiary/aromatic N) is 1. The van der Waals surface area contributed by atoms with Crippen LogP contribution < -0.4 is 5.32 Å². The van der Waals surface area contributed by atoms with Gasteiger partial charge in [0.15, 0.2) is 0 Å². The van der Waals surface area contributed by atoms with E-state index in [2.05, 4.69) is 17.1 Å². The third kappa shape index (κ3) is 4.94. The van der Waals surface area contributed by atoms with Gasteiger partial charge in [0.1, 0.15) is 5.60 Å². The van der Waals surface area contributed by atoms with Crippen LogP contribution in [0.25, 0.3) is 0 Å². The van der Waals surface area contributed by atoms with E-state index in [1.165, 1.54) is 12.8 Å². The quantitative estimate of drug-likeness (QED) is 0.826. The van der Waals surface area contributed by atoms with Gasteiger partial charge in [-0.05, 0) is 60.5 Å². The van der Waals surface area contributed by atoms with Crippen LogP contribution in [-0.2, 0) is 4.74 Å². The van der Waals surface area contributed by atoms with Crippen molar-refractivity contribution in [2.45, 2.75) is 65.1 Å². The van der Waals surface area contributed by atoms with Gasteiger partial charge in [0, 0.05) is 12.1 Å². The summed E-state index contributed by atoms with van der Waals surface area (Å²) >= 11 is 0. The number of ether oxygens (including phenoxy) is 1. The maximum Gasteiger partial charge on any atom is 0.407 e. The van der Waals surface area contributed by atoms with Crippen LogP contribution >= 0.6 is 0 Å². The first-order valence-corrected chi connectivity index (χ1v) is 6.53. The Bertz CT molecular complexity index is 255. The summed E-state index contributed by atoms with van der Waals surface area (Å²) in [4.78, 5) is 14.1. The average molecular weight is 242 g/mol. The van der Waals surface area contributed by atoms with Crippen LogP contribution in [0.3, 0.4) is 0 Å². The number of carbonyl (C=O) groups excluding carboxylic acids is 1. The predicted molar refractivity (Wildman–Crippen MR) is 69.1 cm³/mol. The van der Waals surface area contributed by atoms with Crippen molar-refractivity contribution in [3.05, 3.63) is 0 Å². The molecule has 0 unspecified atom stereocenters. The summed E-state index contributed by atoms with van der Waals surface area (Å²) in [6.07, 6.45) is 2.21. The molecule has 0 saturated carbocycles. The maximum absolute atomic E-state index is 11.6. The molecule has 0 aliphatic carbocycles. The van der Waals surface area contributed by atoms with Crippen LogP contribution in [0.1, 0.15) is 47.5 Å². The number of nitrogens with one attached hydrogen (secondary N) is 1. The minimum absolute atomic E-state index is 0.114. The molecular weight excluding hydrogens is 216 g/mol. The minimum Gasteiger partial charge on any atom is -0.444 e. The molecular formula is C13H26N2O2. The largest absolute Gasteiger partial charge is 0.444 e. The smallest absolute Gasteiger partial charge is 0.407 e. The predicted octanol–water partition coefficient (Wildman–Crippen LogP) is 2.38. The van der Waals surface area contributed by atoms with Crippen molar-refractivity contribution >= 4 is 6.09 Å². The van der Waals surface area contributed by atoms with Crippen LogP contribution in [-0.4, -0.2) is 41.8 Å². The number of likely N-dealkylation sites (tertiary alicyclic amines) is 1. The fourth-order valence-electron chi connectivity index (χ4n) is 2.08. The van der Waals surface area contributed by atoms with Crippen LogP contribution in [0, 0.1) is 0 Å². The van der Waals surface area contributed by atoms with Gasteiger partial charge in [-0.15, -0.1) is 0 Å². The Morgan fingerprint density at radius 3 is 2.24 bits per heavy atom. The van der Waals surface area contributed by atoms with Gasteiger partial charge >= 0.3 is 6.09 Å². The lowest BCUT2D eigenvalue weighted by Gasteiger charge is -2.30. The van der Waals surface area contributed by atoms with Crippen LogP contribution in [0.2, 0.25) is 0 Å². The van der Waals surface area contributed by atoms with Crippen LogP contribution in [0.5, 0.6) is 0 Å². The fourth-order valence-corrected chi connectivity index (χ4v) is 2.08. The molecule has 1 N–H and O–H groups in total. The number of amides is 1. The van der Waals surface area contributed by atoms with Crippen molar-refractivity contribution in [2.24, 2.45) is 0 Å². The number of carbonyl (C=O) groups is 1. The van der Waals surface area contributed by atoms with Crippen molar-refractivity contribution in [1.29, 1.82) is 0 Å². The van der Waals surface area contributed by atoms with Crippen molar-refractivity contribution < 1.29 is 9.53 Å². The zero-order chi connectivity index (χ0) is 13.1. The molecule has 1 rings (SSSR count). The third-order valence-corrected chi connectivity index (χ3v) is 3.18. The Kier molecular flexibility index (Phi) is 4.80. The molecule has 0 aromatic carbocycles. The van der Waals surface area contributed by atoms with Gasteiger partial charge in [0.2, 0.25) is 0 Å². The van der Waals surface area contributed by atoms with Gasteiger partial charge in [0.25, 0.3) is 0 Å². The van der Waals surface area contributed by atoms with Gasteiger partial charge in [-0.25, -0.2) is 4.79 Å². The molecule has 0 spiro atoms. The van der Waals surface area contributed by atoms with Gasteiger partial charge in [0.05, 0.1) is 0 Å². The molecule has 1 aliphatic rings. The molecule has 4 nitrogen and oxygen atoms in total. The highest BCUT2D eigenvalue weighted by atomic mass is 16.6. The molecule has 1 heterocycles. The van der Waals surface area contributed by atoms with E-state index in [9.17, 15) is 4.79 Å². The van der Waals surface area contributed by atoms with E-state index in [0.29, 0.717) is 6.04 Å². The highest BCUT2D eigenvalue weighted by Gasteiger charge is 2.25. The zero-order valence-electron chi connectivity index (χ0n) is 11.7. The molecule has 1 amide bonds. The molecule has 1 fully saturated rings. The molecule has 4 heteroatoms. The van der Waals surface area contributed by atoms with Crippen molar-refractivity contribution in [1.82, 2.24) is 10.2 Å². The summed E-state index contributed by atoms with van der Waals surface area (Å²) < 4.78 is 5.25.